The van der Waals surface area contributed by atoms with Crippen LogP contribution in [-0.2, 0) is 6.54 Å². The van der Waals surface area contributed by atoms with Gasteiger partial charge in [0.15, 0.2) is 0 Å². The SMILES string of the molecule is CCN(Cc1cccc(N)c1)C(=O)c1cc(C)oc1C. The fourth-order valence-electron chi connectivity index (χ4n) is 2.25. The van der Waals surface area contributed by atoms with Gasteiger partial charge < -0.3 is 15.1 Å². The molecule has 4 nitrogen and oxygen atoms in total. The van der Waals surface area contributed by atoms with Gasteiger partial charge in [0.1, 0.15) is 11.5 Å². The maximum absolute atomic E-state index is 12.5. The van der Waals surface area contributed by atoms with Crippen LogP contribution in [0.25, 0.3) is 0 Å². The molecular formula is C16H20N2O2. The highest BCUT2D eigenvalue weighted by Gasteiger charge is 2.19. The Balaban J connectivity index is 2.20. The molecule has 4 heteroatoms. The van der Waals surface area contributed by atoms with E-state index >= 15 is 0 Å². The van der Waals surface area contributed by atoms with E-state index in [1.807, 2.05) is 45.0 Å². The van der Waals surface area contributed by atoms with Crippen molar-refractivity contribution < 1.29 is 9.21 Å². The number of nitrogen functional groups attached to an aromatic ring is 1. The Morgan fingerprint density at radius 2 is 2.05 bits per heavy atom. The largest absolute Gasteiger partial charge is 0.466 e. The fraction of sp³-hybridized carbons (Fsp3) is 0.312. The van der Waals surface area contributed by atoms with Crippen molar-refractivity contribution in [3.05, 3.63) is 53.0 Å². The van der Waals surface area contributed by atoms with E-state index in [-0.39, 0.29) is 5.91 Å². The average Bonchev–Trinajstić information content (AvgIpc) is 2.74. The number of carbonyl (C=O) groups excluding carboxylic acids is 1. The molecule has 2 rings (SSSR count). The number of benzene rings is 1. The molecule has 1 amide bonds. The van der Waals surface area contributed by atoms with Crippen molar-refractivity contribution in [3.63, 3.8) is 0 Å². The van der Waals surface area contributed by atoms with Gasteiger partial charge in [0.2, 0.25) is 0 Å². The molecule has 1 aromatic heterocycles. The number of furan rings is 1. The number of hydrogen-bond acceptors (Lipinski definition) is 3. The van der Waals surface area contributed by atoms with Gasteiger partial charge in [-0.25, -0.2) is 0 Å². The molecule has 20 heavy (non-hydrogen) atoms. The number of amides is 1. The van der Waals surface area contributed by atoms with Gasteiger partial charge >= 0.3 is 0 Å². The van der Waals surface area contributed by atoms with Crippen LogP contribution in [0.1, 0.15) is 34.4 Å². The van der Waals surface area contributed by atoms with Gasteiger partial charge in [-0.1, -0.05) is 12.1 Å². The normalized spacial score (nSPS) is 10.6. The molecule has 0 atom stereocenters. The molecule has 0 radical (unpaired) electrons. The van der Waals surface area contributed by atoms with Crippen molar-refractivity contribution in [1.82, 2.24) is 4.90 Å². The lowest BCUT2D eigenvalue weighted by Crippen LogP contribution is -2.30. The fourth-order valence-corrected chi connectivity index (χ4v) is 2.25. The Morgan fingerprint density at radius 3 is 2.60 bits per heavy atom. The maximum Gasteiger partial charge on any atom is 0.257 e. The number of nitrogens with zero attached hydrogens (tertiary/aromatic N) is 1. The van der Waals surface area contributed by atoms with Gasteiger partial charge in [0.05, 0.1) is 5.56 Å². The average molecular weight is 272 g/mol. The van der Waals surface area contributed by atoms with Crippen molar-refractivity contribution in [2.75, 3.05) is 12.3 Å². The smallest absolute Gasteiger partial charge is 0.257 e. The quantitative estimate of drug-likeness (QED) is 0.870. The summed E-state index contributed by atoms with van der Waals surface area (Å²) >= 11 is 0. The van der Waals surface area contributed by atoms with E-state index in [0.717, 1.165) is 11.3 Å². The molecule has 2 N–H and O–H groups in total. The number of aryl methyl sites for hydroxylation is 2. The molecule has 1 aromatic carbocycles. The third-order valence-corrected chi connectivity index (χ3v) is 3.26. The topological polar surface area (TPSA) is 59.5 Å². The third-order valence-electron chi connectivity index (χ3n) is 3.26. The standard InChI is InChI=1S/C16H20N2O2/c1-4-18(10-13-6-5-7-14(17)9-13)16(19)15-8-11(2)20-12(15)3/h5-9H,4,10,17H2,1-3H3. The zero-order chi connectivity index (χ0) is 14.7. The summed E-state index contributed by atoms with van der Waals surface area (Å²) in [6.45, 7) is 6.81. The number of carbonyl (C=O) groups is 1. The first-order valence-electron chi connectivity index (χ1n) is 6.72. The number of rotatable bonds is 4. The third kappa shape index (κ3) is 3.02. The minimum atomic E-state index is -0.00993. The highest BCUT2D eigenvalue weighted by molar-refractivity contribution is 5.95. The lowest BCUT2D eigenvalue weighted by Gasteiger charge is -2.20. The molecule has 0 spiro atoms. The Bertz CT molecular complexity index is 617. The van der Waals surface area contributed by atoms with Crippen LogP contribution in [0, 0.1) is 13.8 Å². The zero-order valence-electron chi connectivity index (χ0n) is 12.1. The van der Waals surface area contributed by atoms with E-state index in [1.165, 1.54) is 0 Å². The highest BCUT2D eigenvalue weighted by Crippen LogP contribution is 2.18. The first-order chi connectivity index (χ1) is 9.51. The molecule has 0 fully saturated rings. The van der Waals surface area contributed by atoms with Crippen molar-refractivity contribution in [2.45, 2.75) is 27.3 Å². The molecule has 0 bridgehead atoms. The predicted molar refractivity (Wildman–Crippen MR) is 79.5 cm³/mol. The van der Waals surface area contributed by atoms with Crippen molar-refractivity contribution in [1.29, 1.82) is 0 Å². The highest BCUT2D eigenvalue weighted by atomic mass is 16.3. The van der Waals surface area contributed by atoms with Gasteiger partial charge in [-0.15, -0.1) is 0 Å². The van der Waals surface area contributed by atoms with Crippen molar-refractivity contribution in [3.8, 4) is 0 Å². The van der Waals surface area contributed by atoms with Crippen LogP contribution in [0.2, 0.25) is 0 Å². The van der Waals surface area contributed by atoms with E-state index < -0.39 is 0 Å². The van der Waals surface area contributed by atoms with Crippen molar-refractivity contribution in [2.24, 2.45) is 0 Å². The first-order valence-corrected chi connectivity index (χ1v) is 6.72. The molecular weight excluding hydrogens is 252 g/mol. The van der Waals surface area contributed by atoms with Crippen LogP contribution < -0.4 is 5.73 Å². The van der Waals surface area contributed by atoms with Crippen LogP contribution in [0.15, 0.2) is 34.7 Å². The Morgan fingerprint density at radius 1 is 1.30 bits per heavy atom. The maximum atomic E-state index is 12.5. The summed E-state index contributed by atoms with van der Waals surface area (Å²) in [7, 11) is 0. The Labute approximate surface area is 119 Å². The van der Waals surface area contributed by atoms with Crippen LogP contribution >= 0.6 is 0 Å². The van der Waals surface area contributed by atoms with Crippen LogP contribution in [-0.4, -0.2) is 17.4 Å². The molecule has 0 unspecified atom stereocenters. The predicted octanol–water partition coefficient (Wildman–Crippen LogP) is 3.14. The minimum absolute atomic E-state index is 0.00993. The van der Waals surface area contributed by atoms with Gasteiger partial charge in [-0.05, 0) is 44.5 Å². The summed E-state index contributed by atoms with van der Waals surface area (Å²) in [5.74, 6) is 1.41. The first kappa shape index (κ1) is 14.2. The molecule has 1 heterocycles. The lowest BCUT2D eigenvalue weighted by molar-refractivity contribution is 0.0751. The zero-order valence-corrected chi connectivity index (χ0v) is 12.1. The second-order valence-electron chi connectivity index (χ2n) is 4.89. The van der Waals surface area contributed by atoms with Gasteiger partial charge in [0.25, 0.3) is 5.91 Å². The molecule has 0 aliphatic rings. The second-order valence-corrected chi connectivity index (χ2v) is 4.89. The van der Waals surface area contributed by atoms with E-state index in [0.29, 0.717) is 30.1 Å². The van der Waals surface area contributed by atoms with E-state index in [4.69, 9.17) is 10.2 Å². The van der Waals surface area contributed by atoms with Gasteiger partial charge in [0, 0.05) is 18.8 Å². The molecule has 0 aliphatic carbocycles. The van der Waals surface area contributed by atoms with Crippen LogP contribution in [0.3, 0.4) is 0 Å². The summed E-state index contributed by atoms with van der Waals surface area (Å²) in [4.78, 5) is 14.3. The Hall–Kier alpha value is -2.23. The molecule has 0 aliphatic heterocycles. The number of anilines is 1. The van der Waals surface area contributed by atoms with Crippen LogP contribution in [0.4, 0.5) is 5.69 Å². The molecule has 2 aromatic rings. The molecule has 0 saturated carbocycles. The van der Waals surface area contributed by atoms with E-state index in [9.17, 15) is 4.79 Å². The van der Waals surface area contributed by atoms with Crippen LogP contribution in [0.5, 0.6) is 0 Å². The second kappa shape index (κ2) is 5.82. The summed E-state index contributed by atoms with van der Waals surface area (Å²) in [6, 6.07) is 9.39. The minimum Gasteiger partial charge on any atom is -0.466 e. The van der Waals surface area contributed by atoms with Crippen molar-refractivity contribution >= 4 is 11.6 Å². The summed E-state index contributed by atoms with van der Waals surface area (Å²) in [6.07, 6.45) is 0. The number of nitrogens with two attached hydrogens (primary N) is 1. The summed E-state index contributed by atoms with van der Waals surface area (Å²) in [5, 5.41) is 0. The molecule has 106 valence electrons. The van der Waals surface area contributed by atoms with E-state index in [2.05, 4.69) is 0 Å². The summed E-state index contributed by atoms with van der Waals surface area (Å²) in [5.41, 5.74) is 8.14. The van der Waals surface area contributed by atoms with Gasteiger partial charge in [-0.2, -0.15) is 0 Å². The Kier molecular flexibility index (Phi) is 4.13. The monoisotopic (exact) mass is 272 g/mol. The van der Waals surface area contributed by atoms with Gasteiger partial charge in [-0.3, -0.25) is 4.79 Å². The number of hydrogen-bond donors (Lipinski definition) is 1. The molecule has 0 saturated heterocycles. The summed E-state index contributed by atoms with van der Waals surface area (Å²) < 4.78 is 5.43. The van der Waals surface area contributed by atoms with E-state index in [1.54, 1.807) is 11.0 Å². The lowest BCUT2D eigenvalue weighted by atomic mass is 10.1.